The van der Waals surface area contributed by atoms with Crippen molar-refractivity contribution in [3.63, 3.8) is 0 Å². The number of imide groups is 2. The maximum atomic E-state index is 12.7. The molecule has 2 fully saturated rings. The second kappa shape index (κ2) is 7.81. The Labute approximate surface area is 156 Å². The molecular formula is C18H24N4O5. The molecular weight excluding hydrogens is 352 g/mol. The highest BCUT2D eigenvalue weighted by Crippen LogP contribution is 2.37. The maximum absolute atomic E-state index is 12.7. The van der Waals surface area contributed by atoms with E-state index in [2.05, 4.69) is 22.9 Å². The van der Waals surface area contributed by atoms with Gasteiger partial charge in [0.15, 0.2) is 0 Å². The summed E-state index contributed by atoms with van der Waals surface area (Å²) >= 11 is 0. The van der Waals surface area contributed by atoms with Crippen LogP contribution in [0.25, 0.3) is 0 Å². The number of urea groups is 2. The third-order valence-electron chi connectivity index (χ3n) is 5.34. The van der Waals surface area contributed by atoms with Gasteiger partial charge in [0.25, 0.3) is 5.91 Å². The summed E-state index contributed by atoms with van der Waals surface area (Å²) in [6, 6.07) is 2.06. The van der Waals surface area contributed by atoms with E-state index in [1.54, 1.807) is 12.1 Å². The Morgan fingerprint density at radius 2 is 2.07 bits per heavy atom. The second-order valence-corrected chi connectivity index (χ2v) is 7.07. The van der Waals surface area contributed by atoms with Gasteiger partial charge < -0.3 is 15.1 Å². The highest BCUT2D eigenvalue weighted by Gasteiger charge is 2.52. The molecule has 0 atom stereocenters. The first-order valence-electron chi connectivity index (χ1n) is 9.17. The summed E-state index contributed by atoms with van der Waals surface area (Å²) in [6.07, 6.45) is 5.43. The van der Waals surface area contributed by atoms with Gasteiger partial charge in [-0.25, -0.2) is 9.59 Å². The van der Waals surface area contributed by atoms with Crippen molar-refractivity contribution >= 4 is 23.9 Å². The molecule has 9 nitrogen and oxygen atoms in total. The van der Waals surface area contributed by atoms with Crippen molar-refractivity contribution in [1.29, 1.82) is 0 Å². The van der Waals surface area contributed by atoms with E-state index >= 15 is 0 Å². The van der Waals surface area contributed by atoms with Crippen LogP contribution in [0.5, 0.6) is 0 Å². The number of nitrogens with zero attached hydrogens (tertiary/aromatic N) is 1. The van der Waals surface area contributed by atoms with Crippen molar-refractivity contribution in [3.8, 4) is 0 Å². The molecule has 1 saturated carbocycles. The first-order valence-corrected chi connectivity index (χ1v) is 9.17. The molecule has 1 spiro atoms. The standard InChI is InChI=1S/C18H24N4O5/c1-2-12-5-7-18(8-6-12)15(24)22(17(26)21-18)11-14(23)20-16(25)19-10-13-4-3-9-27-13/h3-4,9,12H,2,5-8,10-11H2,1H3,(H,21,26)(H2,19,20,23,25). The zero-order valence-corrected chi connectivity index (χ0v) is 15.2. The Bertz CT molecular complexity index is 722. The molecule has 146 valence electrons. The fraction of sp³-hybridized carbons (Fsp3) is 0.556. The van der Waals surface area contributed by atoms with Crippen LogP contribution in [0, 0.1) is 5.92 Å². The van der Waals surface area contributed by atoms with E-state index in [9.17, 15) is 19.2 Å². The predicted molar refractivity (Wildman–Crippen MR) is 94.3 cm³/mol. The lowest BCUT2D eigenvalue weighted by atomic mass is 9.75. The van der Waals surface area contributed by atoms with Crippen molar-refractivity contribution in [2.45, 2.75) is 51.1 Å². The molecule has 3 rings (SSSR count). The minimum absolute atomic E-state index is 0.122. The number of furan rings is 1. The van der Waals surface area contributed by atoms with Crippen molar-refractivity contribution in [2.24, 2.45) is 5.92 Å². The quantitative estimate of drug-likeness (QED) is 0.673. The zero-order valence-electron chi connectivity index (χ0n) is 15.2. The molecule has 1 aromatic heterocycles. The second-order valence-electron chi connectivity index (χ2n) is 7.07. The average molecular weight is 376 g/mol. The van der Waals surface area contributed by atoms with Crippen molar-refractivity contribution in [2.75, 3.05) is 6.54 Å². The van der Waals surface area contributed by atoms with Gasteiger partial charge in [-0.05, 0) is 43.7 Å². The van der Waals surface area contributed by atoms with Crippen molar-refractivity contribution in [3.05, 3.63) is 24.2 Å². The maximum Gasteiger partial charge on any atom is 0.325 e. The molecule has 1 saturated heterocycles. The van der Waals surface area contributed by atoms with Crippen LogP contribution in [-0.2, 0) is 16.1 Å². The third-order valence-corrected chi connectivity index (χ3v) is 5.34. The molecule has 0 unspecified atom stereocenters. The third kappa shape index (κ3) is 4.12. The van der Waals surface area contributed by atoms with Gasteiger partial charge in [-0.3, -0.25) is 19.8 Å². The topological polar surface area (TPSA) is 121 Å². The van der Waals surface area contributed by atoms with Crippen LogP contribution in [-0.4, -0.2) is 40.9 Å². The van der Waals surface area contributed by atoms with E-state index in [4.69, 9.17) is 4.42 Å². The largest absolute Gasteiger partial charge is 0.467 e. The Morgan fingerprint density at radius 3 is 2.70 bits per heavy atom. The molecule has 1 aliphatic carbocycles. The SMILES string of the molecule is CCC1CCC2(CC1)NC(=O)N(CC(=O)NC(=O)NCc1ccco1)C2=O. The summed E-state index contributed by atoms with van der Waals surface area (Å²) in [5, 5.41) is 7.34. The number of hydrogen-bond donors (Lipinski definition) is 3. The van der Waals surface area contributed by atoms with Gasteiger partial charge in [0.2, 0.25) is 5.91 Å². The minimum atomic E-state index is -0.898. The summed E-state index contributed by atoms with van der Waals surface area (Å²) in [6.45, 7) is 1.75. The van der Waals surface area contributed by atoms with Crippen LogP contribution in [0.4, 0.5) is 9.59 Å². The number of nitrogens with one attached hydrogen (secondary N) is 3. The molecule has 1 aliphatic heterocycles. The number of hydrogen-bond acceptors (Lipinski definition) is 5. The fourth-order valence-corrected chi connectivity index (χ4v) is 3.67. The predicted octanol–water partition coefficient (Wildman–Crippen LogP) is 1.50. The van der Waals surface area contributed by atoms with Crippen molar-refractivity contribution in [1.82, 2.24) is 20.9 Å². The highest BCUT2D eigenvalue weighted by atomic mass is 16.3. The molecule has 6 amide bonds. The zero-order chi connectivity index (χ0) is 19.4. The number of amides is 6. The van der Waals surface area contributed by atoms with Crippen LogP contribution in [0.1, 0.15) is 44.8 Å². The molecule has 3 N–H and O–H groups in total. The molecule has 0 aromatic carbocycles. The lowest BCUT2D eigenvalue weighted by Crippen LogP contribution is -2.50. The number of rotatable bonds is 5. The normalized spacial score (nSPS) is 24.8. The van der Waals surface area contributed by atoms with Crippen LogP contribution in [0.15, 0.2) is 22.8 Å². The monoisotopic (exact) mass is 376 g/mol. The lowest BCUT2D eigenvalue weighted by Gasteiger charge is -2.34. The summed E-state index contributed by atoms with van der Waals surface area (Å²) in [7, 11) is 0. The summed E-state index contributed by atoms with van der Waals surface area (Å²) in [5.41, 5.74) is -0.898. The van der Waals surface area contributed by atoms with Gasteiger partial charge in [0.05, 0.1) is 12.8 Å². The summed E-state index contributed by atoms with van der Waals surface area (Å²) in [5.74, 6) is -0.00482. The summed E-state index contributed by atoms with van der Waals surface area (Å²) in [4.78, 5) is 49.7. The lowest BCUT2D eigenvalue weighted by molar-refractivity contribution is -0.135. The molecule has 2 aliphatic rings. The van der Waals surface area contributed by atoms with Crippen LogP contribution in [0.2, 0.25) is 0 Å². The van der Waals surface area contributed by atoms with Crippen LogP contribution < -0.4 is 16.0 Å². The van der Waals surface area contributed by atoms with E-state index in [1.165, 1.54) is 6.26 Å². The average Bonchev–Trinajstić information content (AvgIpc) is 3.24. The van der Waals surface area contributed by atoms with Gasteiger partial charge in [-0.1, -0.05) is 13.3 Å². The van der Waals surface area contributed by atoms with E-state index in [-0.39, 0.29) is 12.5 Å². The van der Waals surface area contributed by atoms with Gasteiger partial charge in [0.1, 0.15) is 17.8 Å². The molecule has 27 heavy (non-hydrogen) atoms. The number of carbonyl (C=O) groups is 4. The number of carbonyl (C=O) groups excluding carboxylic acids is 4. The van der Waals surface area contributed by atoms with E-state index in [0.717, 1.165) is 24.2 Å². The fourth-order valence-electron chi connectivity index (χ4n) is 3.67. The Kier molecular flexibility index (Phi) is 5.48. The molecule has 2 heterocycles. The smallest absolute Gasteiger partial charge is 0.325 e. The van der Waals surface area contributed by atoms with E-state index in [0.29, 0.717) is 24.5 Å². The van der Waals surface area contributed by atoms with Gasteiger partial charge >= 0.3 is 12.1 Å². The molecule has 0 bridgehead atoms. The van der Waals surface area contributed by atoms with E-state index < -0.39 is 30.1 Å². The van der Waals surface area contributed by atoms with Gasteiger partial charge in [-0.2, -0.15) is 0 Å². The Balaban J connectivity index is 1.51. The van der Waals surface area contributed by atoms with Crippen LogP contribution >= 0.6 is 0 Å². The summed E-state index contributed by atoms with van der Waals surface area (Å²) < 4.78 is 5.07. The van der Waals surface area contributed by atoms with Crippen LogP contribution in [0.3, 0.4) is 0 Å². The Morgan fingerprint density at radius 1 is 1.33 bits per heavy atom. The molecule has 9 heteroatoms. The first kappa shape index (κ1) is 18.9. The highest BCUT2D eigenvalue weighted by molar-refractivity contribution is 6.10. The van der Waals surface area contributed by atoms with E-state index in [1.807, 2.05) is 0 Å². The molecule has 1 aromatic rings. The Hall–Kier alpha value is -2.84. The van der Waals surface area contributed by atoms with Gasteiger partial charge in [0, 0.05) is 0 Å². The minimum Gasteiger partial charge on any atom is -0.467 e. The van der Waals surface area contributed by atoms with Gasteiger partial charge in [-0.15, -0.1) is 0 Å². The molecule has 0 radical (unpaired) electrons. The first-order chi connectivity index (χ1) is 12.9. The van der Waals surface area contributed by atoms with Crippen molar-refractivity contribution < 1.29 is 23.6 Å².